The number of hydrogen-bond donors (Lipinski definition) is 1. The summed E-state index contributed by atoms with van der Waals surface area (Å²) in [4.78, 5) is 18.9. The zero-order valence-corrected chi connectivity index (χ0v) is 18.6. The molecule has 1 N–H and O–H groups in total. The molecule has 1 aromatic heterocycles. The first-order valence-corrected chi connectivity index (χ1v) is 10.4. The molecule has 0 saturated carbocycles. The lowest BCUT2D eigenvalue weighted by Crippen LogP contribution is -2.44. The number of pyridine rings is 1. The first-order chi connectivity index (χ1) is 13.9. The fraction of sp³-hybridized carbons (Fsp3) is 0.368. The van der Waals surface area contributed by atoms with Gasteiger partial charge in [0, 0.05) is 19.6 Å². The Morgan fingerprint density at radius 1 is 1.14 bits per heavy atom. The second-order valence-electron chi connectivity index (χ2n) is 6.34. The number of carbonyl (C=O) groups is 1. The van der Waals surface area contributed by atoms with Crippen LogP contribution in [0.15, 0.2) is 24.3 Å². The summed E-state index contributed by atoms with van der Waals surface area (Å²) in [6, 6.07) is 7.67. The molecule has 0 radical (unpaired) electrons. The van der Waals surface area contributed by atoms with Gasteiger partial charge in [0.2, 0.25) is 0 Å². The van der Waals surface area contributed by atoms with Crippen LogP contribution in [0, 0.1) is 0 Å². The highest BCUT2D eigenvalue weighted by atomic mass is 35.5. The van der Waals surface area contributed by atoms with Crippen molar-refractivity contribution in [2.75, 3.05) is 40.0 Å². The first kappa shape index (κ1) is 22.4. The predicted molar refractivity (Wildman–Crippen MR) is 115 cm³/mol. The smallest absolute Gasteiger partial charge is 0.271 e. The lowest BCUT2D eigenvalue weighted by Gasteiger charge is -2.35. The minimum absolute atomic E-state index is 0.00151. The molecule has 6 nitrogen and oxygen atoms in total. The molecule has 1 aliphatic heterocycles. The average Bonchev–Trinajstić information content (AvgIpc) is 2.76. The molecule has 1 aliphatic rings. The first-order valence-electron chi connectivity index (χ1n) is 8.86. The van der Waals surface area contributed by atoms with E-state index in [0.29, 0.717) is 19.8 Å². The molecule has 2 aromatic rings. The minimum atomic E-state index is -0.484. The molecule has 1 unspecified atom stereocenters. The average molecular weight is 479 g/mol. The molecular formula is C19H19Cl4N3O3. The van der Waals surface area contributed by atoms with E-state index in [1.165, 1.54) is 0 Å². The number of rotatable bonds is 6. The number of morpholine rings is 1. The van der Waals surface area contributed by atoms with Gasteiger partial charge < -0.3 is 14.8 Å². The number of carbonyl (C=O) groups excluding carboxylic acids is 1. The number of amides is 1. The van der Waals surface area contributed by atoms with Crippen LogP contribution in [0.25, 0.3) is 0 Å². The zero-order valence-electron chi connectivity index (χ0n) is 15.6. The van der Waals surface area contributed by atoms with Gasteiger partial charge in [0.15, 0.2) is 0 Å². The summed E-state index contributed by atoms with van der Waals surface area (Å²) in [5, 5.41) is 2.78. The SMILES string of the molecule is COc1ccc(C(CNC(=O)c2nc(Cl)c(Cl)c(Cl)c2Cl)N2CCOCC2)cc1. The highest BCUT2D eigenvalue weighted by molar-refractivity contribution is 6.52. The molecule has 1 aromatic carbocycles. The highest BCUT2D eigenvalue weighted by Crippen LogP contribution is 2.36. The molecule has 10 heteroatoms. The van der Waals surface area contributed by atoms with Gasteiger partial charge in [-0.25, -0.2) is 4.98 Å². The number of nitrogens with one attached hydrogen (secondary N) is 1. The van der Waals surface area contributed by atoms with Crippen molar-refractivity contribution in [3.63, 3.8) is 0 Å². The topological polar surface area (TPSA) is 63.7 Å². The van der Waals surface area contributed by atoms with E-state index >= 15 is 0 Å². The van der Waals surface area contributed by atoms with Crippen LogP contribution in [0.3, 0.4) is 0 Å². The van der Waals surface area contributed by atoms with Crippen molar-refractivity contribution < 1.29 is 14.3 Å². The highest BCUT2D eigenvalue weighted by Gasteiger charge is 2.25. The number of nitrogens with zero attached hydrogens (tertiary/aromatic N) is 2. The zero-order chi connectivity index (χ0) is 21.0. The summed E-state index contributed by atoms with van der Waals surface area (Å²) in [5.41, 5.74) is 0.973. The van der Waals surface area contributed by atoms with Gasteiger partial charge >= 0.3 is 0 Å². The van der Waals surface area contributed by atoms with E-state index in [1.807, 2.05) is 24.3 Å². The Balaban J connectivity index is 1.80. The molecule has 2 heterocycles. The summed E-state index contributed by atoms with van der Waals surface area (Å²) in [7, 11) is 1.62. The van der Waals surface area contributed by atoms with Crippen LogP contribution in [-0.2, 0) is 4.74 Å². The monoisotopic (exact) mass is 477 g/mol. The predicted octanol–water partition coefficient (Wildman–Crippen LogP) is 4.51. The van der Waals surface area contributed by atoms with Crippen molar-refractivity contribution in [1.29, 1.82) is 0 Å². The molecule has 1 fully saturated rings. The lowest BCUT2D eigenvalue weighted by atomic mass is 10.0. The van der Waals surface area contributed by atoms with Crippen molar-refractivity contribution in [3.05, 3.63) is 55.7 Å². The van der Waals surface area contributed by atoms with E-state index < -0.39 is 5.91 Å². The largest absolute Gasteiger partial charge is 0.497 e. The number of hydrogen-bond acceptors (Lipinski definition) is 5. The van der Waals surface area contributed by atoms with Crippen molar-refractivity contribution >= 4 is 52.3 Å². The van der Waals surface area contributed by atoms with Gasteiger partial charge in [-0.2, -0.15) is 0 Å². The fourth-order valence-corrected chi connectivity index (χ4v) is 3.90. The third-order valence-corrected chi connectivity index (χ3v) is 6.32. The Hall–Kier alpha value is -1.28. The Kier molecular flexibility index (Phi) is 7.85. The Morgan fingerprint density at radius 3 is 2.41 bits per heavy atom. The van der Waals surface area contributed by atoms with Crippen LogP contribution >= 0.6 is 46.4 Å². The maximum absolute atomic E-state index is 12.7. The Morgan fingerprint density at radius 2 is 1.79 bits per heavy atom. The second-order valence-corrected chi connectivity index (χ2v) is 7.83. The summed E-state index contributed by atoms with van der Waals surface area (Å²) < 4.78 is 10.7. The van der Waals surface area contributed by atoms with Gasteiger partial charge in [-0.3, -0.25) is 9.69 Å². The van der Waals surface area contributed by atoms with Crippen LogP contribution in [0.2, 0.25) is 20.2 Å². The number of ether oxygens (including phenoxy) is 2. The molecule has 0 spiro atoms. The van der Waals surface area contributed by atoms with Crippen LogP contribution in [0.4, 0.5) is 0 Å². The third-order valence-electron chi connectivity index (χ3n) is 4.64. The standard InChI is InChI=1S/C19H19Cl4N3O3/c1-28-12-4-2-11(3-5-12)13(26-6-8-29-9-7-26)10-24-19(27)17-15(21)14(20)16(22)18(23)25-17/h2-5,13H,6-10H2,1H3,(H,24,27). The van der Waals surface area contributed by atoms with Crippen LogP contribution < -0.4 is 10.1 Å². The maximum Gasteiger partial charge on any atom is 0.271 e. The number of aromatic nitrogens is 1. The van der Waals surface area contributed by atoms with Crippen molar-refractivity contribution in [2.24, 2.45) is 0 Å². The number of halogens is 4. The second kappa shape index (κ2) is 10.2. The molecule has 156 valence electrons. The van der Waals surface area contributed by atoms with E-state index in [2.05, 4.69) is 15.2 Å². The van der Waals surface area contributed by atoms with Gasteiger partial charge in [-0.15, -0.1) is 0 Å². The van der Waals surface area contributed by atoms with E-state index in [4.69, 9.17) is 55.9 Å². The molecule has 1 atom stereocenters. The lowest BCUT2D eigenvalue weighted by molar-refractivity contribution is 0.0162. The van der Waals surface area contributed by atoms with Crippen LogP contribution in [0.1, 0.15) is 22.1 Å². The van der Waals surface area contributed by atoms with Gasteiger partial charge in [-0.05, 0) is 17.7 Å². The number of methoxy groups -OCH3 is 1. The van der Waals surface area contributed by atoms with Crippen molar-refractivity contribution in [2.45, 2.75) is 6.04 Å². The Bertz CT molecular complexity index is 874. The minimum Gasteiger partial charge on any atom is -0.497 e. The quantitative estimate of drug-likeness (QED) is 0.619. The summed E-state index contributed by atoms with van der Waals surface area (Å²) >= 11 is 24.0. The van der Waals surface area contributed by atoms with Crippen molar-refractivity contribution in [1.82, 2.24) is 15.2 Å². The molecule has 29 heavy (non-hydrogen) atoms. The van der Waals surface area contributed by atoms with E-state index in [9.17, 15) is 4.79 Å². The molecule has 0 bridgehead atoms. The summed E-state index contributed by atoms with van der Waals surface area (Å²) in [6.07, 6.45) is 0. The van der Waals surface area contributed by atoms with E-state index in [0.717, 1.165) is 24.4 Å². The molecular weight excluding hydrogens is 460 g/mol. The molecule has 0 aliphatic carbocycles. The fourth-order valence-electron chi connectivity index (χ4n) is 3.08. The van der Waals surface area contributed by atoms with Crippen LogP contribution in [-0.4, -0.2) is 55.7 Å². The van der Waals surface area contributed by atoms with E-state index in [1.54, 1.807) is 7.11 Å². The molecule has 1 amide bonds. The van der Waals surface area contributed by atoms with Gasteiger partial charge in [0.25, 0.3) is 5.91 Å². The van der Waals surface area contributed by atoms with Crippen LogP contribution in [0.5, 0.6) is 5.75 Å². The Labute approximate surface area is 189 Å². The van der Waals surface area contributed by atoms with E-state index in [-0.39, 0.29) is 32.0 Å². The van der Waals surface area contributed by atoms with Crippen molar-refractivity contribution in [3.8, 4) is 5.75 Å². The normalized spacial score (nSPS) is 15.8. The van der Waals surface area contributed by atoms with Gasteiger partial charge in [0.05, 0.1) is 41.4 Å². The van der Waals surface area contributed by atoms with Gasteiger partial charge in [0.1, 0.15) is 16.6 Å². The molecule has 3 rings (SSSR count). The third kappa shape index (κ3) is 5.26. The van der Waals surface area contributed by atoms with Gasteiger partial charge in [-0.1, -0.05) is 58.5 Å². The maximum atomic E-state index is 12.7. The summed E-state index contributed by atoms with van der Waals surface area (Å²) in [5.74, 6) is 0.280. The number of benzene rings is 1. The molecule has 1 saturated heterocycles. The summed E-state index contributed by atoms with van der Waals surface area (Å²) in [6.45, 7) is 3.11.